The summed E-state index contributed by atoms with van der Waals surface area (Å²) in [6.45, 7) is 3.36. The van der Waals surface area contributed by atoms with Crippen LogP contribution in [0.25, 0.3) is 0 Å². The molecule has 0 rings (SSSR count). The summed E-state index contributed by atoms with van der Waals surface area (Å²) in [5, 5.41) is 0. The van der Waals surface area contributed by atoms with Crippen molar-refractivity contribution in [3.8, 4) is 0 Å². The van der Waals surface area contributed by atoms with Crippen LogP contribution in [0.2, 0.25) is 0 Å². The summed E-state index contributed by atoms with van der Waals surface area (Å²) in [5.74, 6) is -0.0321. The Kier molecular flexibility index (Phi) is 11.3. The lowest BCUT2D eigenvalue weighted by Crippen LogP contribution is -2.32. The zero-order chi connectivity index (χ0) is 12.9. The molecule has 102 valence electrons. The Bertz CT molecular complexity index is 190. The van der Waals surface area contributed by atoms with Gasteiger partial charge in [0, 0.05) is 20.7 Å². The molecule has 2 N–H and O–H groups in total. The van der Waals surface area contributed by atoms with E-state index in [0.717, 1.165) is 6.42 Å². The fraction of sp³-hybridized carbons (Fsp3) is 0.909. The number of ether oxygens (including phenoxy) is 3. The van der Waals surface area contributed by atoms with E-state index in [1.807, 2.05) is 0 Å². The van der Waals surface area contributed by atoms with Gasteiger partial charge in [-0.3, -0.25) is 4.79 Å². The van der Waals surface area contributed by atoms with Crippen molar-refractivity contribution in [2.24, 2.45) is 5.73 Å². The number of rotatable bonds is 11. The molecule has 6 nitrogen and oxygen atoms in total. The van der Waals surface area contributed by atoms with Gasteiger partial charge in [0.1, 0.15) is 6.61 Å². The van der Waals surface area contributed by atoms with Gasteiger partial charge in [0.05, 0.1) is 26.4 Å². The van der Waals surface area contributed by atoms with Crippen LogP contribution in [-0.2, 0) is 19.0 Å². The highest BCUT2D eigenvalue weighted by Crippen LogP contribution is 1.89. The van der Waals surface area contributed by atoms with E-state index < -0.39 is 0 Å². The van der Waals surface area contributed by atoms with Crippen molar-refractivity contribution in [3.63, 3.8) is 0 Å². The third-order valence-electron chi connectivity index (χ3n) is 2.15. The van der Waals surface area contributed by atoms with Crippen LogP contribution >= 0.6 is 0 Å². The second-order valence-corrected chi connectivity index (χ2v) is 3.62. The molecule has 0 aliphatic rings. The number of nitrogens with zero attached hydrogens (tertiary/aromatic N) is 1. The first-order chi connectivity index (χ1) is 8.22. The molecule has 0 unspecified atom stereocenters. The summed E-state index contributed by atoms with van der Waals surface area (Å²) in [7, 11) is 3.37. The highest BCUT2D eigenvalue weighted by molar-refractivity contribution is 5.77. The van der Waals surface area contributed by atoms with Gasteiger partial charge in [-0.05, 0) is 13.0 Å². The molecule has 0 bridgehead atoms. The van der Waals surface area contributed by atoms with E-state index in [4.69, 9.17) is 19.9 Å². The molecular weight excluding hydrogens is 224 g/mol. The SMILES string of the molecule is COCCOCCOCC(=O)N(C)CCCN. The van der Waals surface area contributed by atoms with Gasteiger partial charge >= 0.3 is 0 Å². The van der Waals surface area contributed by atoms with E-state index in [1.165, 1.54) is 0 Å². The van der Waals surface area contributed by atoms with E-state index in [2.05, 4.69) is 0 Å². The van der Waals surface area contributed by atoms with Crippen LogP contribution in [0.3, 0.4) is 0 Å². The van der Waals surface area contributed by atoms with Crippen LogP contribution in [0, 0.1) is 0 Å². The van der Waals surface area contributed by atoms with E-state index in [9.17, 15) is 4.79 Å². The quantitative estimate of drug-likeness (QED) is 0.498. The molecular formula is C11H24N2O4. The molecule has 0 heterocycles. The van der Waals surface area contributed by atoms with Gasteiger partial charge in [0.25, 0.3) is 0 Å². The van der Waals surface area contributed by atoms with Crippen molar-refractivity contribution < 1.29 is 19.0 Å². The number of carbonyl (C=O) groups is 1. The standard InChI is InChI=1S/C11H24N2O4/c1-13(5-3-4-12)11(14)10-17-9-8-16-7-6-15-2/h3-10,12H2,1-2H3. The molecule has 1 amide bonds. The second-order valence-electron chi connectivity index (χ2n) is 3.62. The summed E-state index contributed by atoms with van der Waals surface area (Å²) in [4.78, 5) is 13.1. The molecule has 0 aliphatic heterocycles. The van der Waals surface area contributed by atoms with Crippen molar-refractivity contribution in [1.29, 1.82) is 0 Å². The van der Waals surface area contributed by atoms with Crippen molar-refractivity contribution >= 4 is 5.91 Å². The van der Waals surface area contributed by atoms with E-state index in [1.54, 1.807) is 19.1 Å². The lowest BCUT2D eigenvalue weighted by Gasteiger charge is -2.16. The third-order valence-corrected chi connectivity index (χ3v) is 2.15. The summed E-state index contributed by atoms with van der Waals surface area (Å²) in [5.41, 5.74) is 5.36. The Balaban J connectivity index is 3.32. The average molecular weight is 248 g/mol. The molecule has 17 heavy (non-hydrogen) atoms. The van der Waals surface area contributed by atoms with Crippen LogP contribution in [0.5, 0.6) is 0 Å². The highest BCUT2D eigenvalue weighted by atomic mass is 16.5. The van der Waals surface area contributed by atoms with Crippen LogP contribution in [0.1, 0.15) is 6.42 Å². The minimum Gasteiger partial charge on any atom is -0.382 e. The largest absolute Gasteiger partial charge is 0.382 e. The second kappa shape index (κ2) is 11.8. The lowest BCUT2D eigenvalue weighted by atomic mass is 10.4. The summed E-state index contributed by atoms with van der Waals surface area (Å²) in [6.07, 6.45) is 0.808. The average Bonchev–Trinajstić information content (AvgIpc) is 2.34. The summed E-state index contributed by atoms with van der Waals surface area (Å²) in [6, 6.07) is 0. The maximum atomic E-state index is 11.5. The van der Waals surface area contributed by atoms with Gasteiger partial charge in [-0.1, -0.05) is 0 Å². The predicted molar refractivity (Wildman–Crippen MR) is 64.8 cm³/mol. The minimum atomic E-state index is -0.0321. The molecule has 0 aromatic heterocycles. The summed E-state index contributed by atoms with van der Waals surface area (Å²) >= 11 is 0. The fourth-order valence-electron chi connectivity index (χ4n) is 1.09. The first kappa shape index (κ1) is 16.3. The smallest absolute Gasteiger partial charge is 0.248 e. The molecule has 0 aromatic carbocycles. The maximum absolute atomic E-state index is 11.5. The number of hydrogen-bond donors (Lipinski definition) is 1. The van der Waals surface area contributed by atoms with Gasteiger partial charge < -0.3 is 24.8 Å². The molecule has 0 fully saturated rings. The van der Waals surface area contributed by atoms with Crippen LogP contribution in [-0.4, -0.2) is 71.1 Å². The Morgan fingerprint density at radius 2 is 1.82 bits per heavy atom. The van der Waals surface area contributed by atoms with Crippen molar-refractivity contribution in [2.75, 3.05) is 60.3 Å². The molecule has 0 aromatic rings. The molecule has 0 saturated heterocycles. The number of nitrogens with two attached hydrogens (primary N) is 1. The Morgan fingerprint density at radius 1 is 1.18 bits per heavy atom. The monoisotopic (exact) mass is 248 g/mol. The first-order valence-corrected chi connectivity index (χ1v) is 5.80. The topological polar surface area (TPSA) is 74.0 Å². The molecule has 0 spiro atoms. The normalized spacial score (nSPS) is 10.5. The van der Waals surface area contributed by atoms with E-state index in [0.29, 0.717) is 39.5 Å². The number of carbonyl (C=O) groups excluding carboxylic acids is 1. The lowest BCUT2D eigenvalue weighted by molar-refractivity contribution is -0.135. The van der Waals surface area contributed by atoms with E-state index >= 15 is 0 Å². The van der Waals surface area contributed by atoms with Gasteiger partial charge in [0.15, 0.2) is 0 Å². The Hall–Kier alpha value is -0.690. The van der Waals surface area contributed by atoms with Crippen LogP contribution in [0.15, 0.2) is 0 Å². The number of likely N-dealkylation sites (N-methyl/N-ethyl adjacent to an activating group) is 1. The van der Waals surface area contributed by atoms with Crippen LogP contribution < -0.4 is 5.73 Å². The first-order valence-electron chi connectivity index (χ1n) is 5.80. The number of hydrogen-bond acceptors (Lipinski definition) is 5. The van der Waals surface area contributed by atoms with Crippen LogP contribution in [0.4, 0.5) is 0 Å². The maximum Gasteiger partial charge on any atom is 0.248 e. The molecule has 0 radical (unpaired) electrons. The molecule has 0 saturated carbocycles. The summed E-state index contributed by atoms with van der Waals surface area (Å²) < 4.78 is 15.2. The minimum absolute atomic E-state index is 0.0321. The fourth-order valence-corrected chi connectivity index (χ4v) is 1.09. The molecule has 0 atom stereocenters. The third kappa shape index (κ3) is 10.2. The van der Waals surface area contributed by atoms with Gasteiger partial charge in [-0.2, -0.15) is 0 Å². The van der Waals surface area contributed by atoms with Gasteiger partial charge in [0.2, 0.25) is 5.91 Å². The van der Waals surface area contributed by atoms with Gasteiger partial charge in [-0.15, -0.1) is 0 Å². The van der Waals surface area contributed by atoms with E-state index in [-0.39, 0.29) is 12.5 Å². The van der Waals surface area contributed by atoms with Gasteiger partial charge in [-0.25, -0.2) is 0 Å². The Labute approximate surface area is 103 Å². The number of amides is 1. The zero-order valence-corrected chi connectivity index (χ0v) is 10.8. The zero-order valence-electron chi connectivity index (χ0n) is 10.8. The van der Waals surface area contributed by atoms with Crippen molar-refractivity contribution in [3.05, 3.63) is 0 Å². The highest BCUT2D eigenvalue weighted by Gasteiger charge is 2.07. The predicted octanol–water partition coefficient (Wildman–Crippen LogP) is -0.527. The Morgan fingerprint density at radius 3 is 2.47 bits per heavy atom. The van der Waals surface area contributed by atoms with Crippen molar-refractivity contribution in [1.82, 2.24) is 4.90 Å². The van der Waals surface area contributed by atoms with Crippen molar-refractivity contribution in [2.45, 2.75) is 6.42 Å². The number of methoxy groups -OCH3 is 1. The molecule has 6 heteroatoms. The molecule has 0 aliphatic carbocycles.